The number of likely N-dealkylation sites (tertiary alicyclic amines) is 1. The molecule has 0 aliphatic carbocycles. The number of carbonyl (C=O) groups excluding carboxylic acids is 1. The van der Waals surface area contributed by atoms with Crippen LogP contribution in [0.15, 0.2) is 24.3 Å². The second-order valence-corrected chi connectivity index (χ2v) is 4.74. The first-order chi connectivity index (χ1) is 8.66. The van der Waals surface area contributed by atoms with Crippen molar-refractivity contribution in [3.8, 4) is 5.75 Å². The summed E-state index contributed by atoms with van der Waals surface area (Å²) >= 11 is 0. The SMILES string of the molecule is CC(N)c1cccc(OCC(=O)N2CCCC2)c1. The van der Waals surface area contributed by atoms with Crippen molar-refractivity contribution in [2.75, 3.05) is 19.7 Å². The molecule has 1 saturated heterocycles. The predicted molar refractivity (Wildman–Crippen MR) is 70.4 cm³/mol. The monoisotopic (exact) mass is 248 g/mol. The average molecular weight is 248 g/mol. The number of hydrogen-bond donors (Lipinski definition) is 1. The van der Waals surface area contributed by atoms with Crippen LogP contribution in [-0.2, 0) is 4.79 Å². The van der Waals surface area contributed by atoms with E-state index in [0.29, 0.717) is 5.75 Å². The van der Waals surface area contributed by atoms with Crippen LogP contribution in [0.3, 0.4) is 0 Å². The van der Waals surface area contributed by atoms with Gasteiger partial charge in [-0.25, -0.2) is 0 Å². The Labute approximate surface area is 108 Å². The predicted octanol–water partition coefficient (Wildman–Crippen LogP) is 1.71. The van der Waals surface area contributed by atoms with Gasteiger partial charge < -0.3 is 15.4 Å². The normalized spacial score (nSPS) is 16.7. The number of ether oxygens (including phenoxy) is 1. The summed E-state index contributed by atoms with van der Waals surface area (Å²) in [5, 5.41) is 0. The Morgan fingerprint density at radius 1 is 1.44 bits per heavy atom. The van der Waals surface area contributed by atoms with E-state index in [9.17, 15) is 4.79 Å². The summed E-state index contributed by atoms with van der Waals surface area (Å²) in [6, 6.07) is 7.57. The van der Waals surface area contributed by atoms with E-state index in [2.05, 4.69) is 0 Å². The van der Waals surface area contributed by atoms with Crippen molar-refractivity contribution >= 4 is 5.91 Å². The van der Waals surface area contributed by atoms with Gasteiger partial charge in [0.15, 0.2) is 6.61 Å². The molecule has 1 heterocycles. The van der Waals surface area contributed by atoms with Crippen LogP contribution >= 0.6 is 0 Å². The molecule has 2 N–H and O–H groups in total. The largest absolute Gasteiger partial charge is 0.484 e. The van der Waals surface area contributed by atoms with Crippen molar-refractivity contribution in [2.24, 2.45) is 5.73 Å². The third-order valence-corrected chi connectivity index (χ3v) is 3.20. The minimum atomic E-state index is -0.0252. The zero-order chi connectivity index (χ0) is 13.0. The third kappa shape index (κ3) is 3.23. The lowest BCUT2D eigenvalue weighted by Gasteiger charge is -2.16. The Morgan fingerprint density at radius 3 is 2.83 bits per heavy atom. The van der Waals surface area contributed by atoms with Crippen LogP contribution in [0.5, 0.6) is 5.75 Å². The second kappa shape index (κ2) is 5.87. The lowest BCUT2D eigenvalue weighted by molar-refractivity contribution is -0.132. The first-order valence-corrected chi connectivity index (χ1v) is 6.43. The minimum absolute atomic E-state index is 0.0252. The van der Waals surface area contributed by atoms with E-state index < -0.39 is 0 Å². The molecule has 1 fully saturated rings. The molecule has 98 valence electrons. The second-order valence-electron chi connectivity index (χ2n) is 4.74. The zero-order valence-corrected chi connectivity index (χ0v) is 10.8. The molecule has 1 unspecified atom stereocenters. The molecule has 1 atom stereocenters. The van der Waals surface area contributed by atoms with Gasteiger partial charge in [-0.1, -0.05) is 12.1 Å². The quantitative estimate of drug-likeness (QED) is 0.882. The number of nitrogens with two attached hydrogens (primary N) is 1. The zero-order valence-electron chi connectivity index (χ0n) is 10.8. The highest BCUT2D eigenvalue weighted by atomic mass is 16.5. The molecular weight excluding hydrogens is 228 g/mol. The molecule has 2 rings (SSSR count). The number of hydrogen-bond acceptors (Lipinski definition) is 3. The van der Waals surface area contributed by atoms with E-state index in [1.165, 1.54) is 0 Å². The first kappa shape index (κ1) is 12.9. The van der Waals surface area contributed by atoms with E-state index in [1.54, 1.807) is 0 Å². The third-order valence-electron chi connectivity index (χ3n) is 3.20. The fourth-order valence-corrected chi connectivity index (χ4v) is 2.09. The standard InChI is InChI=1S/C14H20N2O2/c1-11(15)12-5-4-6-13(9-12)18-10-14(17)16-7-2-3-8-16/h4-6,9,11H,2-3,7-8,10,15H2,1H3. The maximum absolute atomic E-state index is 11.8. The molecule has 1 amide bonds. The Balaban J connectivity index is 1.89. The highest BCUT2D eigenvalue weighted by Crippen LogP contribution is 2.17. The van der Waals surface area contributed by atoms with Crippen molar-refractivity contribution in [1.82, 2.24) is 4.90 Å². The van der Waals surface area contributed by atoms with Gasteiger partial charge >= 0.3 is 0 Å². The fraction of sp³-hybridized carbons (Fsp3) is 0.500. The van der Waals surface area contributed by atoms with Crippen molar-refractivity contribution < 1.29 is 9.53 Å². The van der Waals surface area contributed by atoms with Crippen molar-refractivity contribution in [3.63, 3.8) is 0 Å². The lowest BCUT2D eigenvalue weighted by Crippen LogP contribution is -2.32. The van der Waals surface area contributed by atoms with E-state index in [4.69, 9.17) is 10.5 Å². The Bertz CT molecular complexity index is 412. The maximum atomic E-state index is 11.8. The van der Waals surface area contributed by atoms with E-state index in [-0.39, 0.29) is 18.6 Å². The van der Waals surface area contributed by atoms with Gasteiger partial charge in [-0.2, -0.15) is 0 Å². The van der Waals surface area contributed by atoms with Gasteiger partial charge in [-0.05, 0) is 37.5 Å². The molecule has 4 heteroatoms. The summed E-state index contributed by atoms with van der Waals surface area (Å²) in [4.78, 5) is 13.7. The lowest BCUT2D eigenvalue weighted by atomic mass is 10.1. The van der Waals surface area contributed by atoms with Gasteiger partial charge in [0.1, 0.15) is 5.75 Å². The first-order valence-electron chi connectivity index (χ1n) is 6.43. The summed E-state index contributed by atoms with van der Waals surface area (Å²) in [5.41, 5.74) is 6.82. The number of amides is 1. The molecule has 1 aliphatic heterocycles. The van der Waals surface area contributed by atoms with Gasteiger partial charge in [0.25, 0.3) is 5.91 Å². The Kier molecular flexibility index (Phi) is 4.20. The molecule has 4 nitrogen and oxygen atoms in total. The molecule has 0 spiro atoms. The van der Waals surface area contributed by atoms with Crippen LogP contribution in [0.1, 0.15) is 31.4 Å². The van der Waals surface area contributed by atoms with Crippen LogP contribution in [0.2, 0.25) is 0 Å². The van der Waals surface area contributed by atoms with E-state index in [1.807, 2.05) is 36.1 Å². The van der Waals surface area contributed by atoms with Crippen LogP contribution < -0.4 is 10.5 Å². The summed E-state index contributed by atoms with van der Waals surface area (Å²) < 4.78 is 5.52. The van der Waals surface area contributed by atoms with Gasteiger partial charge in [0.2, 0.25) is 0 Å². The van der Waals surface area contributed by atoms with E-state index >= 15 is 0 Å². The number of benzene rings is 1. The smallest absolute Gasteiger partial charge is 0.260 e. The van der Waals surface area contributed by atoms with Crippen molar-refractivity contribution in [3.05, 3.63) is 29.8 Å². The van der Waals surface area contributed by atoms with Crippen molar-refractivity contribution in [1.29, 1.82) is 0 Å². The van der Waals surface area contributed by atoms with Gasteiger partial charge in [-0.15, -0.1) is 0 Å². The summed E-state index contributed by atoms with van der Waals surface area (Å²) in [7, 11) is 0. The molecular formula is C14H20N2O2. The van der Waals surface area contributed by atoms with Crippen LogP contribution in [0.25, 0.3) is 0 Å². The Morgan fingerprint density at radius 2 is 2.17 bits per heavy atom. The molecule has 0 saturated carbocycles. The van der Waals surface area contributed by atoms with Crippen molar-refractivity contribution in [2.45, 2.75) is 25.8 Å². The Hall–Kier alpha value is -1.55. The summed E-state index contributed by atoms with van der Waals surface area (Å²) in [6.45, 7) is 3.76. The van der Waals surface area contributed by atoms with Crippen LogP contribution in [0, 0.1) is 0 Å². The molecule has 1 aromatic carbocycles. The molecule has 0 bridgehead atoms. The van der Waals surface area contributed by atoms with Gasteiger partial charge in [0, 0.05) is 19.1 Å². The summed E-state index contributed by atoms with van der Waals surface area (Å²) in [5.74, 6) is 0.774. The van der Waals surface area contributed by atoms with Gasteiger partial charge in [0.05, 0.1) is 0 Å². The molecule has 0 aromatic heterocycles. The van der Waals surface area contributed by atoms with Gasteiger partial charge in [-0.3, -0.25) is 4.79 Å². The minimum Gasteiger partial charge on any atom is -0.484 e. The van der Waals surface area contributed by atoms with Crippen LogP contribution in [0.4, 0.5) is 0 Å². The average Bonchev–Trinajstić information content (AvgIpc) is 2.90. The number of carbonyl (C=O) groups is 1. The molecule has 1 aliphatic rings. The highest BCUT2D eigenvalue weighted by molar-refractivity contribution is 5.78. The number of nitrogens with zero attached hydrogens (tertiary/aromatic N) is 1. The van der Waals surface area contributed by atoms with E-state index in [0.717, 1.165) is 31.5 Å². The summed E-state index contributed by atoms with van der Waals surface area (Å²) in [6.07, 6.45) is 2.21. The fourth-order valence-electron chi connectivity index (χ4n) is 2.09. The van der Waals surface area contributed by atoms with Crippen LogP contribution in [-0.4, -0.2) is 30.5 Å². The number of rotatable bonds is 4. The molecule has 1 aromatic rings. The molecule has 18 heavy (non-hydrogen) atoms. The molecule has 0 radical (unpaired) electrons. The maximum Gasteiger partial charge on any atom is 0.260 e. The highest BCUT2D eigenvalue weighted by Gasteiger charge is 2.18. The topological polar surface area (TPSA) is 55.6 Å².